The lowest BCUT2D eigenvalue weighted by atomic mass is 9.93. The van der Waals surface area contributed by atoms with Crippen molar-refractivity contribution in [2.45, 2.75) is 39.4 Å². The van der Waals surface area contributed by atoms with E-state index in [0.717, 1.165) is 0 Å². The highest BCUT2D eigenvalue weighted by molar-refractivity contribution is 7.81. The number of rotatable bonds is 1. The summed E-state index contributed by atoms with van der Waals surface area (Å²) >= 11 is 4.60. The lowest BCUT2D eigenvalue weighted by molar-refractivity contribution is 0.781. The maximum Gasteiger partial charge on any atom is 0.0324 e. The third-order valence-corrected chi connectivity index (χ3v) is 2.74. The Hall–Kier alpha value is -0.430. The molecule has 1 rings (SSSR count). The first-order valence-electron chi connectivity index (χ1n) is 4.63. The number of aryl methyl sites for hydroxylation is 3. The van der Waals surface area contributed by atoms with Gasteiger partial charge in [-0.25, -0.2) is 0 Å². The Morgan fingerprint density at radius 1 is 0.923 bits per heavy atom. The minimum absolute atomic E-state index is 0.0391. The van der Waals surface area contributed by atoms with Crippen LogP contribution in [0.2, 0.25) is 0 Å². The van der Waals surface area contributed by atoms with Crippen LogP contribution in [0.25, 0.3) is 0 Å². The Balaban J connectivity index is 3.32. The summed E-state index contributed by atoms with van der Waals surface area (Å²) < 4.78 is -0.0391. The zero-order valence-electron chi connectivity index (χ0n) is 9.10. The molecule has 1 aromatic carbocycles. The Bertz CT molecular complexity index is 319. The molecular weight excluding hydrogens is 176 g/mol. The Morgan fingerprint density at radius 3 is 1.85 bits per heavy atom. The van der Waals surface area contributed by atoms with Gasteiger partial charge in [0.1, 0.15) is 0 Å². The summed E-state index contributed by atoms with van der Waals surface area (Å²) in [5, 5.41) is 0. The first-order chi connectivity index (χ1) is 5.82. The molecule has 0 aromatic heterocycles. The van der Waals surface area contributed by atoms with Crippen LogP contribution in [0.15, 0.2) is 12.1 Å². The van der Waals surface area contributed by atoms with Crippen molar-refractivity contribution in [3.05, 3.63) is 34.4 Å². The predicted octanol–water partition coefficient (Wildman–Crippen LogP) is 3.78. The largest absolute Gasteiger partial charge is 0.168 e. The summed E-state index contributed by atoms with van der Waals surface area (Å²) in [5.74, 6) is 0. The highest BCUT2D eigenvalue weighted by atomic mass is 32.1. The minimum Gasteiger partial charge on any atom is -0.168 e. The Kier molecular flexibility index (Phi) is 2.76. The van der Waals surface area contributed by atoms with Crippen molar-refractivity contribution < 1.29 is 0 Å². The van der Waals surface area contributed by atoms with Gasteiger partial charge in [0.25, 0.3) is 0 Å². The highest BCUT2D eigenvalue weighted by Gasteiger charge is 2.17. The zero-order valence-corrected chi connectivity index (χ0v) is 10.00. The number of hydrogen-bond donors (Lipinski definition) is 1. The summed E-state index contributed by atoms with van der Waals surface area (Å²) in [7, 11) is 0. The molecule has 0 radical (unpaired) electrons. The summed E-state index contributed by atoms with van der Waals surface area (Å²) in [6, 6.07) is 4.49. The summed E-state index contributed by atoms with van der Waals surface area (Å²) in [6.45, 7) is 10.7. The molecule has 0 bridgehead atoms. The van der Waals surface area contributed by atoms with E-state index in [-0.39, 0.29) is 4.75 Å². The van der Waals surface area contributed by atoms with Crippen LogP contribution in [0, 0.1) is 20.8 Å². The Morgan fingerprint density at radius 2 is 1.38 bits per heavy atom. The van der Waals surface area contributed by atoms with Gasteiger partial charge in [-0.1, -0.05) is 12.1 Å². The van der Waals surface area contributed by atoms with Crippen LogP contribution in [-0.2, 0) is 4.75 Å². The molecule has 0 unspecified atom stereocenters. The highest BCUT2D eigenvalue weighted by Crippen LogP contribution is 2.31. The molecule has 1 heteroatoms. The third-order valence-electron chi connectivity index (χ3n) is 2.50. The summed E-state index contributed by atoms with van der Waals surface area (Å²) in [4.78, 5) is 0. The number of benzene rings is 1. The fourth-order valence-corrected chi connectivity index (χ4v) is 1.86. The van der Waals surface area contributed by atoms with Gasteiger partial charge < -0.3 is 0 Å². The molecule has 0 nitrogen and oxygen atoms in total. The average molecular weight is 194 g/mol. The fourth-order valence-electron chi connectivity index (χ4n) is 1.62. The van der Waals surface area contributed by atoms with Crippen molar-refractivity contribution in [1.29, 1.82) is 0 Å². The average Bonchev–Trinajstić information content (AvgIpc) is 1.94. The van der Waals surface area contributed by atoms with E-state index < -0.39 is 0 Å². The van der Waals surface area contributed by atoms with Gasteiger partial charge in [0.15, 0.2) is 0 Å². The molecule has 0 atom stereocenters. The van der Waals surface area contributed by atoms with Gasteiger partial charge in [0.2, 0.25) is 0 Å². The molecule has 0 aliphatic rings. The predicted molar refractivity (Wildman–Crippen MR) is 62.7 cm³/mol. The summed E-state index contributed by atoms with van der Waals surface area (Å²) in [6.07, 6.45) is 0. The van der Waals surface area contributed by atoms with Crippen molar-refractivity contribution in [2.24, 2.45) is 0 Å². The smallest absolute Gasteiger partial charge is 0.0324 e. The van der Waals surface area contributed by atoms with E-state index in [1.807, 2.05) is 0 Å². The van der Waals surface area contributed by atoms with Crippen LogP contribution in [-0.4, -0.2) is 0 Å². The van der Waals surface area contributed by atoms with E-state index in [9.17, 15) is 0 Å². The molecule has 0 saturated heterocycles. The first-order valence-corrected chi connectivity index (χ1v) is 5.08. The SMILES string of the molecule is Cc1cc(C)c(C(C)(C)S)cc1C. The minimum atomic E-state index is -0.0391. The van der Waals surface area contributed by atoms with Gasteiger partial charge in [-0.3, -0.25) is 0 Å². The maximum atomic E-state index is 4.60. The van der Waals surface area contributed by atoms with E-state index in [1.165, 1.54) is 22.3 Å². The van der Waals surface area contributed by atoms with Crippen LogP contribution >= 0.6 is 12.6 Å². The van der Waals surface area contributed by atoms with Crippen LogP contribution in [0.3, 0.4) is 0 Å². The normalized spacial score (nSPS) is 11.8. The number of thiol groups is 1. The van der Waals surface area contributed by atoms with Crippen LogP contribution in [0.5, 0.6) is 0 Å². The van der Waals surface area contributed by atoms with Crippen molar-refractivity contribution >= 4 is 12.6 Å². The zero-order chi connectivity index (χ0) is 10.2. The van der Waals surface area contributed by atoms with E-state index >= 15 is 0 Å². The quantitative estimate of drug-likeness (QED) is 0.646. The standard InChI is InChI=1S/C12H18S/c1-8-6-10(3)11(7-9(8)2)12(4,5)13/h6-7,13H,1-5H3. The molecule has 0 saturated carbocycles. The lowest BCUT2D eigenvalue weighted by Gasteiger charge is -2.22. The second kappa shape index (κ2) is 3.38. The molecule has 0 aliphatic heterocycles. The van der Waals surface area contributed by atoms with E-state index in [0.29, 0.717) is 0 Å². The molecule has 0 amide bonds. The van der Waals surface area contributed by atoms with Gasteiger partial charge in [-0.15, -0.1) is 0 Å². The van der Waals surface area contributed by atoms with Crippen molar-refractivity contribution in [3.8, 4) is 0 Å². The van der Waals surface area contributed by atoms with Crippen LogP contribution in [0.1, 0.15) is 36.1 Å². The van der Waals surface area contributed by atoms with E-state index in [1.54, 1.807) is 0 Å². The maximum absolute atomic E-state index is 4.60. The van der Waals surface area contributed by atoms with Gasteiger partial charge in [0, 0.05) is 4.75 Å². The van der Waals surface area contributed by atoms with Crippen molar-refractivity contribution in [1.82, 2.24) is 0 Å². The molecule has 0 fully saturated rings. The van der Waals surface area contributed by atoms with Gasteiger partial charge in [0.05, 0.1) is 0 Å². The fraction of sp³-hybridized carbons (Fsp3) is 0.500. The van der Waals surface area contributed by atoms with Crippen molar-refractivity contribution in [2.75, 3.05) is 0 Å². The van der Waals surface area contributed by atoms with Crippen LogP contribution in [0.4, 0.5) is 0 Å². The topological polar surface area (TPSA) is 0 Å². The molecule has 13 heavy (non-hydrogen) atoms. The molecule has 0 heterocycles. The second-order valence-corrected chi connectivity index (χ2v) is 5.43. The van der Waals surface area contributed by atoms with E-state index in [4.69, 9.17) is 0 Å². The molecular formula is C12H18S. The monoisotopic (exact) mass is 194 g/mol. The van der Waals surface area contributed by atoms with Crippen LogP contribution < -0.4 is 0 Å². The number of hydrogen-bond acceptors (Lipinski definition) is 1. The van der Waals surface area contributed by atoms with Gasteiger partial charge >= 0.3 is 0 Å². The first kappa shape index (κ1) is 10.6. The molecule has 0 N–H and O–H groups in total. The van der Waals surface area contributed by atoms with Crippen molar-refractivity contribution in [3.63, 3.8) is 0 Å². The molecule has 1 aromatic rings. The molecule has 0 spiro atoms. The summed E-state index contributed by atoms with van der Waals surface area (Å²) in [5.41, 5.74) is 5.38. The lowest BCUT2D eigenvalue weighted by Crippen LogP contribution is -2.10. The van der Waals surface area contributed by atoms with Gasteiger partial charge in [-0.2, -0.15) is 12.6 Å². The molecule has 0 aliphatic carbocycles. The second-order valence-electron chi connectivity index (χ2n) is 4.31. The third kappa shape index (κ3) is 2.28. The molecule has 72 valence electrons. The van der Waals surface area contributed by atoms with E-state index in [2.05, 4.69) is 59.4 Å². The van der Waals surface area contributed by atoms with Gasteiger partial charge in [-0.05, 0) is 56.9 Å². The Labute approximate surface area is 86.8 Å².